The number of likely N-dealkylation sites (tertiary alicyclic amines) is 1. The zero-order chi connectivity index (χ0) is 16.5. The molecular weight excluding hydrogens is 298 g/mol. The summed E-state index contributed by atoms with van der Waals surface area (Å²) in [5.41, 5.74) is -1.58. The Balaban J connectivity index is 1.61. The van der Waals surface area contributed by atoms with Crippen molar-refractivity contribution in [1.82, 2.24) is 4.90 Å². The van der Waals surface area contributed by atoms with Gasteiger partial charge in [-0.3, -0.25) is 4.79 Å². The molecule has 0 spiro atoms. The molecule has 6 heteroatoms. The van der Waals surface area contributed by atoms with E-state index in [0.717, 1.165) is 12.0 Å². The van der Waals surface area contributed by atoms with Crippen LogP contribution in [0, 0.1) is 5.41 Å². The number of benzene rings is 1. The van der Waals surface area contributed by atoms with Gasteiger partial charge in [0.2, 0.25) is 0 Å². The van der Waals surface area contributed by atoms with Gasteiger partial charge in [-0.2, -0.15) is 0 Å². The fourth-order valence-corrected chi connectivity index (χ4v) is 3.56. The molecule has 1 saturated carbocycles. The second-order valence-corrected chi connectivity index (χ2v) is 6.48. The Bertz CT molecular complexity index is 598. The van der Waals surface area contributed by atoms with Gasteiger partial charge in [0.25, 0.3) is 0 Å². The molecule has 2 fully saturated rings. The molecule has 1 saturated heterocycles. The predicted octanol–water partition coefficient (Wildman–Crippen LogP) is 2.01. The molecule has 0 radical (unpaired) electrons. The Labute approximate surface area is 134 Å². The van der Waals surface area contributed by atoms with Crippen molar-refractivity contribution < 1.29 is 24.5 Å². The highest BCUT2D eigenvalue weighted by atomic mass is 16.6. The van der Waals surface area contributed by atoms with Gasteiger partial charge in [-0.15, -0.1) is 0 Å². The van der Waals surface area contributed by atoms with Crippen LogP contribution < -0.4 is 0 Å². The lowest BCUT2D eigenvalue weighted by atomic mass is 9.58. The van der Waals surface area contributed by atoms with Crippen molar-refractivity contribution in [3.8, 4) is 0 Å². The second kappa shape index (κ2) is 5.85. The number of carboxylic acid groups (broad SMARTS) is 1. The van der Waals surface area contributed by atoms with Crippen LogP contribution in [0.2, 0.25) is 0 Å². The number of carbonyl (C=O) groups is 2. The zero-order valence-corrected chi connectivity index (χ0v) is 12.9. The lowest BCUT2D eigenvalue weighted by molar-refractivity contribution is -0.181. The normalized spacial score (nSPS) is 25.7. The summed E-state index contributed by atoms with van der Waals surface area (Å²) in [7, 11) is 0. The molecule has 124 valence electrons. The first kappa shape index (κ1) is 15.8. The molecule has 1 aromatic carbocycles. The third-order valence-corrected chi connectivity index (χ3v) is 5.22. The highest BCUT2D eigenvalue weighted by Crippen LogP contribution is 2.53. The molecule has 2 aliphatic rings. The molecule has 1 unspecified atom stereocenters. The Morgan fingerprint density at radius 1 is 1.17 bits per heavy atom. The van der Waals surface area contributed by atoms with Crippen molar-refractivity contribution in [3.05, 3.63) is 35.9 Å². The highest BCUT2D eigenvalue weighted by Gasteiger charge is 2.62. The van der Waals surface area contributed by atoms with Crippen molar-refractivity contribution in [2.45, 2.75) is 37.9 Å². The fourth-order valence-electron chi connectivity index (χ4n) is 3.56. The number of carboxylic acids is 1. The standard InChI is InChI=1S/C17H21NO5/c19-14(20)16(7-4-8-16)17(22)9-10-18(12-17)15(21)23-11-13-5-2-1-3-6-13/h1-3,5-6,22H,4,7-12H2,(H,19,20). The number of ether oxygens (including phenoxy) is 1. The third-order valence-electron chi connectivity index (χ3n) is 5.22. The number of carbonyl (C=O) groups excluding carboxylic acids is 1. The lowest BCUT2D eigenvalue weighted by Crippen LogP contribution is -2.58. The Kier molecular flexibility index (Phi) is 4.02. The van der Waals surface area contributed by atoms with Crippen LogP contribution in [0.15, 0.2) is 30.3 Å². The Morgan fingerprint density at radius 3 is 2.43 bits per heavy atom. The first-order valence-corrected chi connectivity index (χ1v) is 7.88. The molecule has 1 heterocycles. The molecule has 1 amide bonds. The Morgan fingerprint density at radius 2 is 1.87 bits per heavy atom. The van der Waals surface area contributed by atoms with E-state index in [9.17, 15) is 19.8 Å². The molecule has 2 N–H and O–H groups in total. The average Bonchev–Trinajstić information content (AvgIpc) is 2.87. The van der Waals surface area contributed by atoms with Crippen molar-refractivity contribution in [1.29, 1.82) is 0 Å². The minimum atomic E-state index is -1.36. The van der Waals surface area contributed by atoms with Crippen LogP contribution in [-0.4, -0.2) is 45.9 Å². The van der Waals surface area contributed by atoms with E-state index in [4.69, 9.17) is 4.74 Å². The molecule has 1 aromatic rings. The molecule has 3 rings (SSSR count). The number of β-amino-alcohol motifs (C(OH)–C–C–N with tert-alkyl or cyclic N) is 1. The number of nitrogens with zero attached hydrogens (tertiary/aromatic N) is 1. The SMILES string of the molecule is O=C(OCc1ccccc1)N1CCC(O)(C2(C(=O)O)CCC2)C1. The summed E-state index contributed by atoms with van der Waals surface area (Å²) in [5, 5.41) is 20.3. The van der Waals surface area contributed by atoms with Gasteiger partial charge in [0.05, 0.1) is 12.0 Å². The number of amides is 1. The van der Waals surface area contributed by atoms with Gasteiger partial charge in [-0.1, -0.05) is 36.8 Å². The number of aliphatic carboxylic acids is 1. The number of aliphatic hydroxyl groups is 1. The van der Waals surface area contributed by atoms with E-state index >= 15 is 0 Å². The predicted molar refractivity (Wildman–Crippen MR) is 81.7 cm³/mol. The first-order valence-electron chi connectivity index (χ1n) is 7.88. The summed E-state index contributed by atoms with van der Waals surface area (Å²) in [6.45, 7) is 0.505. The monoisotopic (exact) mass is 319 g/mol. The van der Waals surface area contributed by atoms with Crippen LogP contribution in [-0.2, 0) is 16.1 Å². The number of hydrogen-bond donors (Lipinski definition) is 2. The van der Waals surface area contributed by atoms with Gasteiger partial charge in [0, 0.05) is 6.54 Å². The molecule has 6 nitrogen and oxygen atoms in total. The van der Waals surface area contributed by atoms with Gasteiger partial charge in [-0.05, 0) is 24.8 Å². The van der Waals surface area contributed by atoms with Crippen molar-refractivity contribution in [2.75, 3.05) is 13.1 Å². The van der Waals surface area contributed by atoms with Crippen LogP contribution in [0.4, 0.5) is 4.79 Å². The summed E-state index contributed by atoms with van der Waals surface area (Å²) in [5.74, 6) is -0.967. The minimum Gasteiger partial charge on any atom is -0.481 e. The molecule has 1 aliphatic heterocycles. The quantitative estimate of drug-likeness (QED) is 0.886. The van der Waals surface area contributed by atoms with Gasteiger partial charge < -0.3 is 19.8 Å². The largest absolute Gasteiger partial charge is 0.481 e. The van der Waals surface area contributed by atoms with Crippen molar-refractivity contribution >= 4 is 12.1 Å². The van der Waals surface area contributed by atoms with Crippen molar-refractivity contribution in [3.63, 3.8) is 0 Å². The topological polar surface area (TPSA) is 87.1 Å². The summed E-state index contributed by atoms with van der Waals surface area (Å²) >= 11 is 0. The Hall–Kier alpha value is -2.08. The van der Waals surface area contributed by atoms with Crippen LogP contribution in [0.25, 0.3) is 0 Å². The van der Waals surface area contributed by atoms with E-state index in [-0.39, 0.29) is 19.6 Å². The van der Waals surface area contributed by atoms with Gasteiger partial charge in [-0.25, -0.2) is 4.79 Å². The maximum atomic E-state index is 12.2. The van der Waals surface area contributed by atoms with E-state index in [1.165, 1.54) is 4.90 Å². The lowest BCUT2D eigenvalue weighted by Gasteiger charge is -2.48. The highest BCUT2D eigenvalue weighted by molar-refractivity contribution is 5.78. The summed E-state index contributed by atoms with van der Waals surface area (Å²) in [6, 6.07) is 9.34. The molecule has 1 aliphatic carbocycles. The molecule has 0 aromatic heterocycles. The van der Waals surface area contributed by atoms with E-state index in [0.29, 0.717) is 19.4 Å². The fraction of sp³-hybridized carbons (Fsp3) is 0.529. The van der Waals surface area contributed by atoms with Crippen molar-refractivity contribution in [2.24, 2.45) is 5.41 Å². The van der Waals surface area contributed by atoms with Crippen LogP contribution >= 0.6 is 0 Å². The van der Waals surface area contributed by atoms with E-state index in [2.05, 4.69) is 0 Å². The van der Waals surface area contributed by atoms with E-state index < -0.39 is 23.1 Å². The zero-order valence-electron chi connectivity index (χ0n) is 12.9. The number of hydrogen-bond acceptors (Lipinski definition) is 4. The summed E-state index contributed by atoms with van der Waals surface area (Å²) in [6.07, 6.45) is 1.49. The van der Waals surface area contributed by atoms with Crippen LogP contribution in [0.3, 0.4) is 0 Å². The van der Waals surface area contributed by atoms with Gasteiger partial charge in [0.15, 0.2) is 0 Å². The second-order valence-electron chi connectivity index (χ2n) is 6.48. The van der Waals surface area contributed by atoms with Crippen LogP contribution in [0.5, 0.6) is 0 Å². The smallest absolute Gasteiger partial charge is 0.410 e. The maximum Gasteiger partial charge on any atom is 0.410 e. The molecule has 1 atom stereocenters. The van der Waals surface area contributed by atoms with Crippen LogP contribution in [0.1, 0.15) is 31.2 Å². The number of rotatable bonds is 4. The van der Waals surface area contributed by atoms with Gasteiger partial charge in [0.1, 0.15) is 12.2 Å². The summed E-state index contributed by atoms with van der Waals surface area (Å²) < 4.78 is 5.26. The summed E-state index contributed by atoms with van der Waals surface area (Å²) in [4.78, 5) is 25.2. The van der Waals surface area contributed by atoms with Gasteiger partial charge >= 0.3 is 12.1 Å². The molecular formula is C17H21NO5. The molecule has 23 heavy (non-hydrogen) atoms. The molecule has 0 bridgehead atoms. The third kappa shape index (κ3) is 2.67. The van der Waals surface area contributed by atoms with E-state index in [1.54, 1.807) is 0 Å². The maximum absolute atomic E-state index is 12.2. The average molecular weight is 319 g/mol. The van der Waals surface area contributed by atoms with E-state index in [1.807, 2.05) is 30.3 Å². The minimum absolute atomic E-state index is 0.0208. The first-order chi connectivity index (χ1) is 11.0.